The van der Waals surface area contributed by atoms with Crippen molar-refractivity contribution < 1.29 is 14.4 Å². The zero-order valence-corrected chi connectivity index (χ0v) is 15.9. The van der Waals surface area contributed by atoms with Gasteiger partial charge < -0.3 is 31.7 Å². The average molecular weight is 390 g/mol. The predicted octanol–water partition coefficient (Wildman–Crippen LogP) is -1.06. The number of nitrogens with two attached hydrogens (primary N) is 1. The molecule has 0 saturated heterocycles. The van der Waals surface area contributed by atoms with Crippen molar-refractivity contribution in [2.24, 2.45) is 11.7 Å². The smallest absolute Gasteiger partial charge is 0.243 e. The Morgan fingerprint density at radius 3 is 2.14 bits per heavy atom. The summed E-state index contributed by atoms with van der Waals surface area (Å²) in [5, 5.41) is 7.91. The average Bonchev–Trinajstić information content (AvgIpc) is 3.41. The number of imidazole rings is 2. The van der Waals surface area contributed by atoms with Gasteiger partial charge in [-0.3, -0.25) is 14.4 Å². The molecule has 2 rings (SSSR count). The summed E-state index contributed by atoms with van der Waals surface area (Å²) in [6.07, 6.45) is 7.08. The molecule has 2 heterocycles. The van der Waals surface area contributed by atoms with E-state index in [0.29, 0.717) is 18.1 Å². The molecule has 28 heavy (non-hydrogen) atoms. The number of aromatic amines is 2. The van der Waals surface area contributed by atoms with Gasteiger partial charge in [0.1, 0.15) is 23.7 Å². The molecule has 0 bridgehead atoms. The van der Waals surface area contributed by atoms with Gasteiger partial charge in [-0.15, -0.1) is 0 Å². The summed E-state index contributed by atoms with van der Waals surface area (Å²) in [5.74, 6) is -0.416. The van der Waals surface area contributed by atoms with Crippen LogP contribution in [0.5, 0.6) is 0 Å². The van der Waals surface area contributed by atoms with E-state index < -0.39 is 29.8 Å². The Balaban J connectivity index is 1.97. The van der Waals surface area contributed by atoms with Gasteiger partial charge in [0.15, 0.2) is 0 Å². The number of nitrogens with zero attached hydrogens (tertiary/aromatic N) is 2. The maximum absolute atomic E-state index is 12.5. The van der Waals surface area contributed by atoms with Crippen LogP contribution in [0.3, 0.4) is 0 Å². The second-order valence-corrected chi connectivity index (χ2v) is 6.30. The number of rotatable bonds is 10. The van der Waals surface area contributed by atoms with Gasteiger partial charge in [-0.2, -0.15) is 0 Å². The molecule has 0 fully saturated rings. The lowest BCUT2D eigenvalue weighted by Crippen LogP contribution is -2.53. The standard InChI is InChI=1S/C17H26N8O3/c1-3-10(2)13(24-11(26)8-18)17(28)23-9-12(27)25-14(15-19-4-5-20-15)16-21-6-7-22-16/h4-7,10,13-14H,3,8-9,18H2,1-2H3,(H,19,20)(H,21,22)(H,23,28)(H,24,26)(H,25,27)/t10-,13-/m0/s1. The van der Waals surface area contributed by atoms with Crippen LogP contribution in [0, 0.1) is 5.92 Å². The topological polar surface area (TPSA) is 171 Å². The van der Waals surface area contributed by atoms with Crippen LogP contribution in [-0.2, 0) is 14.4 Å². The Kier molecular flexibility index (Phi) is 7.69. The van der Waals surface area contributed by atoms with E-state index in [1.165, 1.54) is 0 Å². The molecule has 11 nitrogen and oxygen atoms in total. The molecule has 152 valence electrons. The minimum atomic E-state index is -0.764. The summed E-state index contributed by atoms with van der Waals surface area (Å²) in [5.41, 5.74) is 5.31. The Bertz CT molecular complexity index is 725. The van der Waals surface area contributed by atoms with Crippen LogP contribution in [0.15, 0.2) is 24.8 Å². The number of aromatic nitrogens is 4. The van der Waals surface area contributed by atoms with Gasteiger partial charge in [0.05, 0.1) is 13.1 Å². The molecule has 0 aliphatic carbocycles. The molecule has 3 amide bonds. The van der Waals surface area contributed by atoms with Crippen molar-refractivity contribution in [2.45, 2.75) is 32.4 Å². The third-order valence-corrected chi connectivity index (χ3v) is 4.31. The van der Waals surface area contributed by atoms with Crippen molar-refractivity contribution in [2.75, 3.05) is 13.1 Å². The summed E-state index contributed by atoms with van der Waals surface area (Å²) in [6, 6.07) is -1.38. The van der Waals surface area contributed by atoms with E-state index in [-0.39, 0.29) is 19.0 Å². The molecule has 0 spiro atoms. The van der Waals surface area contributed by atoms with E-state index in [2.05, 4.69) is 35.9 Å². The molecule has 0 radical (unpaired) electrons. The normalized spacial score (nSPS) is 13.0. The van der Waals surface area contributed by atoms with Crippen LogP contribution in [0.25, 0.3) is 0 Å². The summed E-state index contributed by atoms with van der Waals surface area (Å²) in [4.78, 5) is 50.6. The highest BCUT2D eigenvalue weighted by Gasteiger charge is 2.26. The number of nitrogens with one attached hydrogen (secondary N) is 5. The fraction of sp³-hybridized carbons (Fsp3) is 0.471. The Labute approximate surface area is 162 Å². The minimum Gasteiger partial charge on any atom is -0.346 e. The molecule has 7 N–H and O–H groups in total. The van der Waals surface area contributed by atoms with Crippen molar-refractivity contribution in [3.8, 4) is 0 Å². The van der Waals surface area contributed by atoms with Crippen molar-refractivity contribution in [1.29, 1.82) is 0 Å². The van der Waals surface area contributed by atoms with E-state index in [1.54, 1.807) is 24.8 Å². The number of hydrogen-bond donors (Lipinski definition) is 6. The van der Waals surface area contributed by atoms with Gasteiger partial charge in [0.25, 0.3) is 0 Å². The molecular weight excluding hydrogens is 364 g/mol. The Morgan fingerprint density at radius 1 is 1.07 bits per heavy atom. The van der Waals surface area contributed by atoms with Gasteiger partial charge in [-0.25, -0.2) is 9.97 Å². The molecule has 0 aliphatic heterocycles. The molecule has 2 atom stereocenters. The fourth-order valence-electron chi connectivity index (χ4n) is 2.56. The summed E-state index contributed by atoms with van der Waals surface area (Å²) < 4.78 is 0. The van der Waals surface area contributed by atoms with Crippen LogP contribution >= 0.6 is 0 Å². The molecule has 0 saturated carbocycles. The number of carbonyl (C=O) groups is 3. The van der Waals surface area contributed by atoms with Crippen molar-refractivity contribution >= 4 is 17.7 Å². The van der Waals surface area contributed by atoms with Crippen molar-refractivity contribution in [3.63, 3.8) is 0 Å². The predicted molar refractivity (Wildman–Crippen MR) is 101 cm³/mol. The van der Waals surface area contributed by atoms with Gasteiger partial charge >= 0.3 is 0 Å². The van der Waals surface area contributed by atoms with Crippen molar-refractivity contribution in [3.05, 3.63) is 36.4 Å². The third kappa shape index (κ3) is 5.64. The number of H-pyrrole nitrogens is 2. The summed E-state index contributed by atoms with van der Waals surface area (Å²) >= 11 is 0. The number of amides is 3. The molecule has 0 unspecified atom stereocenters. The molecule has 11 heteroatoms. The van der Waals surface area contributed by atoms with E-state index in [9.17, 15) is 14.4 Å². The highest BCUT2D eigenvalue weighted by Crippen LogP contribution is 2.14. The van der Waals surface area contributed by atoms with E-state index in [1.807, 2.05) is 13.8 Å². The largest absolute Gasteiger partial charge is 0.346 e. The highest BCUT2D eigenvalue weighted by molar-refractivity contribution is 5.91. The van der Waals surface area contributed by atoms with Gasteiger partial charge in [0.2, 0.25) is 17.7 Å². The van der Waals surface area contributed by atoms with Crippen LogP contribution in [-0.4, -0.2) is 56.8 Å². The first-order chi connectivity index (χ1) is 13.5. The zero-order chi connectivity index (χ0) is 20.5. The van der Waals surface area contributed by atoms with Crippen LogP contribution in [0.2, 0.25) is 0 Å². The SMILES string of the molecule is CC[C@H](C)[C@H](NC(=O)CN)C(=O)NCC(=O)NC(c1ncc[nH]1)c1ncc[nH]1. The quantitative estimate of drug-likeness (QED) is 0.302. The lowest BCUT2D eigenvalue weighted by atomic mass is 9.98. The van der Waals surface area contributed by atoms with E-state index >= 15 is 0 Å². The lowest BCUT2D eigenvalue weighted by Gasteiger charge is -2.23. The lowest BCUT2D eigenvalue weighted by molar-refractivity contribution is -0.131. The number of carbonyl (C=O) groups excluding carboxylic acids is 3. The van der Waals surface area contributed by atoms with Gasteiger partial charge in [-0.05, 0) is 5.92 Å². The summed E-state index contributed by atoms with van der Waals surface area (Å²) in [6.45, 7) is 3.27. The summed E-state index contributed by atoms with van der Waals surface area (Å²) in [7, 11) is 0. The molecule has 0 aliphatic rings. The van der Waals surface area contributed by atoms with E-state index in [0.717, 1.165) is 0 Å². The second-order valence-electron chi connectivity index (χ2n) is 6.30. The van der Waals surface area contributed by atoms with Crippen LogP contribution < -0.4 is 21.7 Å². The monoisotopic (exact) mass is 390 g/mol. The highest BCUT2D eigenvalue weighted by atomic mass is 16.2. The van der Waals surface area contributed by atoms with Gasteiger partial charge in [0, 0.05) is 24.8 Å². The Morgan fingerprint density at radius 2 is 1.68 bits per heavy atom. The molecule has 0 aromatic carbocycles. The Hall–Kier alpha value is -3.21. The molecule has 2 aromatic rings. The first-order valence-corrected chi connectivity index (χ1v) is 9.01. The first-order valence-electron chi connectivity index (χ1n) is 9.01. The zero-order valence-electron chi connectivity index (χ0n) is 15.9. The minimum absolute atomic E-state index is 0.113. The van der Waals surface area contributed by atoms with E-state index in [4.69, 9.17) is 5.73 Å². The fourth-order valence-corrected chi connectivity index (χ4v) is 2.56. The van der Waals surface area contributed by atoms with Crippen molar-refractivity contribution in [1.82, 2.24) is 35.9 Å². The maximum Gasteiger partial charge on any atom is 0.243 e. The number of hydrogen-bond acceptors (Lipinski definition) is 6. The molecular formula is C17H26N8O3. The third-order valence-electron chi connectivity index (χ3n) is 4.31. The van der Waals surface area contributed by atoms with Crippen LogP contribution in [0.1, 0.15) is 38.0 Å². The second kappa shape index (κ2) is 10.2. The van der Waals surface area contributed by atoms with Gasteiger partial charge in [-0.1, -0.05) is 20.3 Å². The van der Waals surface area contributed by atoms with Crippen LogP contribution in [0.4, 0.5) is 0 Å². The maximum atomic E-state index is 12.5. The first kappa shape index (κ1) is 21.1. The molecule has 2 aromatic heterocycles.